The van der Waals surface area contributed by atoms with Crippen LogP contribution in [0.25, 0.3) is 0 Å². The van der Waals surface area contributed by atoms with Crippen LogP contribution in [-0.2, 0) is 4.74 Å². The van der Waals surface area contributed by atoms with Gasteiger partial charge in [-0.05, 0) is 19.1 Å². The summed E-state index contributed by atoms with van der Waals surface area (Å²) in [6.07, 6.45) is -0.208. The van der Waals surface area contributed by atoms with Crippen LogP contribution in [0.2, 0.25) is 0 Å². The van der Waals surface area contributed by atoms with Crippen LogP contribution in [0.15, 0.2) is 18.2 Å². The first kappa shape index (κ1) is 11.4. The summed E-state index contributed by atoms with van der Waals surface area (Å²) < 4.78 is 4.50. The van der Waals surface area contributed by atoms with Crippen molar-refractivity contribution < 1.29 is 19.4 Å². The zero-order chi connectivity index (χ0) is 12.4. The number of fused-ring (bicyclic) bond motifs is 1. The Morgan fingerprint density at radius 2 is 2.12 bits per heavy atom. The molecule has 1 N–H and O–H groups in total. The van der Waals surface area contributed by atoms with E-state index < -0.39 is 18.0 Å². The van der Waals surface area contributed by atoms with E-state index in [2.05, 4.69) is 16.6 Å². The van der Waals surface area contributed by atoms with Gasteiger partial charge >= 0.3 is 11.9 Å². The molecule has 0 bridgehead atoms. The SMILES string of the molecule is CC(O)CC#Cc1cccc2c1C(=O)OC2=O. The van der Waals surface area contributed by atoms with E-state index in [0.29, 0.717) is 12.0 Å². The van der Waals surface area contributed by atoms with Crippen molar-refractivity contribution in [1.82, 2.24) is 0 Å². The molecule has 1 aliphatic rings. The summed E-state index contributed by atoms with van der Waals surface area (Å²) in [4.78, 5) is 22.7. The summed E-state index contributed by atoms with van der Waals surface area (Å²) in [5, 5.41) is 9.07. The fourth-order valence-corrected chi connectivity index (χ4v) is 1.53. The van der Waals surface area contributed by atoms with Gasteiger partial charge in [0.15, 0.2) is 0 Å². The number of esters is 2. The molecule has 1 heterocycles. The highest BCUT2D eigenvalue weighted by Crippen LogP contribution is 2.22. The molecule has 2 rings (SSSR count). The minimum atomic E-state index is -0.660. The van der Waals surface area contributed by atoms with Crippen LogP contribution >= 0.6 is 0 Å². The molecule has 1 atom stereocenters. The molecule has 1 aromatic carbocycles. The predicted molar refractivity (Wildman–Crippen MR) is 59.4 cm³/mol. The third-order valence-electron chi connectivity index (χ3n) is 2.29. The Morgan fingerprint density at radius 1 is 1.35 bits per heavy atom. The van der Waals surface area contributed by atoms with Gasteiger partial charge in [0.1, 0.15) is 0 Å². The lowest BCUT2D eigenvalue weighted by Crippen LogP contribution is -1.99. The van der Waals surface area contributed by atoms with Gasteiger partial charge in [0.25, 0.3) is 0 Å². The van der Waals surface area contributed by atoms with E-state index in [1.807, 2.05) is 0 Å². The lowest BCUT2D eigenvalue weighted by Gasteiger charge is -1.96. The van der Waals surface area contributed by atoms with Gasteiger partial charge in [-0.25, -0.2) is 9.59 Å². The number of rotatable bonds is 1. The van der Waals surface area contributed by atoms with E-state index in [9.17, 15) is 9.59 Å². The van der Waals surface area contributed by atoms with Gasteiger partial charge < -0.3 is 9.84 Å². The molecular formula is C13H10O4. The number of carbonyl (C=O) groups excluding carboxylic acids is 2. The molecule has 0 fully saturated rings. The Kier molecular flexibility index (Phi) is 2.94. The van der Waals surface area contributed by atoms with Crippen molar-refractivity contribution in [3.05, 3.63) is 34.9 Å². The van der Waals surface area contributed by atoms with Gasteiger partial charge in [-0.1, -0.05) is 17.9 Å². The van der Waals surface area contributed by atoms with Crippen molar-refractivity contribution >= 4 is 11.9 Å². The maximum absolute atomic E-state index is 11.4. The number of hydrogen-bond donors (Lipinski definition) is 1. The molecule has 1 aliphatic heterocycles. The minimum absolute atomic E-state index is 0.218. The molecule has 17 heavy (non-hydrogen) atoms. The Morgan fingerprint density at radius 3 is 2.82 bits per heavy atom. The average Bonchev–Trinajstić information content (AvgIpc) is 2.55. The number of aliphatic hydroxyl groups is 1. The van der Waals surface area contributed by atoms with E-state index in [0.717, 1.165) is 0 Å². The van der Waals surface area contributed by atoms with Crippen LogP contribution < -0.4 is 0 Å². The average molecular weight is 230 g/mol. The second-order valence-corrected chi connectivity index (χ2v) is 3.76. The van der Waals surface area contributed by atoms with Crippen LogP contribution in [0.1, 0.15) is 39.6 Å². The molecule has 0 spiro atoms. The van der Waals surface area contributed by atoms with Gasteiger partial charge in [-0.2, -0.15) is 0 Å². The first-order valence-corrected chi connectivity index (χ1v) is 5.16. The van der Waals surface area contributed by atoms with Gasteiger partial charge in [0.2, 0.25) is 0 Å². The minimum Gasteiger partial charge on any atom is -0.392 e. The third-order valence-corrected chi connectivity index (χ3v) is 2.29. The largest absolute Gasteiger partial charge is 0.392 e. The highest BCUT2D eigenvalue weighted by atomic mass is 16.6. The van der Waals surface area contributed by atoms with Gasteiger partial charge in [0.05, 0.1) is 17.2 Å². The van der Waals surface area contributed by atoms with Gasteiger partial charge in [-0.15, -0.1) is 0 Å². The zero-order valence-corrected chi connectivity index (χ0v) is 9.19. The van der Waals surface area contributed by atoms with E-state index in [4.69, 9.17) is 5.11 Å². The molecule has 4 nitrogen and oxygen atoms in total. The number of aliphatic hydroxyl groups excluding tert-OH is 1. The van der Waals surface area contributed by atoms with Crippen LogP contribution in [0.5, 0.6) is 0 Å². The van der Waals surface area contributed by atoms with Crippen molar-refractivity contribution in [2.75, 3.05) is 0 Å². The maximum Gasteiger partial charge on any atom is 0.348 e. The lowest BCUT2D eigenvalue weighted by molar-refractivity contribution is 0.0443. The molecule has 0 saturated heterocycles. The maximum atomic E-state index is 11.4. The van der Waals surface area contributed by atoms with Crippen LogP contribution in [0, 0.1) is 11.8 Å². The summed E-state index contributed by atoms with van der Waals surface area (Å²) in [5.74, 6) is 4.22. The van der Waals surface area contributed by atoms with E-state index in [1.54, 1.807) is 19.1 Å². The Balaban J connectivity index is 2.40. The first-order chi connectivity index (χ1) is 8.09. The fourth-order valence-electron chi connectivity index (χ4n) is 1.53. The lowest BCUT2D eigenvalue weighted by atomic mass is 10.0. The highest BCUT2D eigenvalue weighted by Gasteiger charge is 2.31. The highest BCUT2D eigenvalue weighted by molar-refractivity contribution is 6.15. The molecule has 1 unspecified atom stereocenters. The van der Waals surface area contributed by atoms with Gasteiger partial charge in [0, 0.05) is 12.0 Å². The molecule has 1 aromatic rings. The zero-order valence-electron chi connectivity index (χ0n) is 9.19. The van der Waals surface area contributed by atoms with E-state index >= 15 is 0 Å². The van der Waals surface area contributed by atoms with Crippen molar-refractivity contribution in [3.8, 4) is 11.8 Å². The van der Waals surface area contributed by atoms with Crippen molar-refractivity contribution in [2.24, 2.45) is 0 Å². The number of cyclic esters (lactones) is 2. The number of ether oxygens (including phenoxy) is 1. The molecular weight excluding hydrogens is 220 g/mol. The van der Waals surface area contributed by atoms with Crippen LogP contribution in [0.3, 0.4) is 0 Å². The Labute approximate surface area is 98.2 Å². The van der Waals surface area contributed by atoms with Crippen LogP contribution in [0.4, 0.5) is 0 Å². The molecule has 4 heteroatoms. The quantitative estimate of drug-likeness (QED) is 0.446. The molecule has 0 radical (unpaired) electrons. The second kappa shape index (κ2) is 4.40. The fraction of sp³-hybridized carbons (Fsp3) is 0.231. The number of carbonyl (C=O) groups is 2. The van der Waals surface area contributed by atoms with Crippen molar-refractivity contribution in [3.63, 3.8) is 0 Å². The standard InChI is InChI=1S/C13H10O4/c1-8(14)4-2-5-9-6-3-7-10-11(9)13(16)17-12(10)15/h3,6-8,14H,4H2,1H3. The summed E-state index contributed by atoms with van der Waals surface area (Å²) in [6, 6.07) is 4.82. The topological polar surface area (TPSA) is 63.6 Å². The molecule has 0 aliphatic carbocycles. The number of benzene rings is 1. The van der Waals surface area contributed by atoms with Crippen molar-refractivity contribution in [1.29, 1.82) is 0 Å². The molecule has 0 aromatic heterocycles. The summed E-state index contributed by atoms with van der Waals surface area (Å²) in [7, 11) is 0. The van der Waals surface area contributed by atoms with E-state index in [1.165, 1.54) is 6.07 Å². The normalized spacial score (nSPS) is 14.7. The third kappa shape index (κ3) is 2.19. The summed E-state index contributed by atoms with van der Waals surface area (Å²) in [6.45, 7) is 1.63. The summed E-state index contributed by atoms with van der Waals surface area (Å²) in [5.41, 5.74) is 0.924. The smallest absolute Gasteiger partial charge is 0.348 e. The van der Waals surface area contributed by atoms with Crippen LogP contribution in [-0.4, -0.2) is 23.1 Å². The molecule has 86 valence electrons. The van der Waals surface area contributed by atoms with E-state index in [-0.39, 0.29) is 11.1 Å². The molecule has 0 saturated carbocycles. The van der Waals surface area contributed by atoms with Gasteiger partial charge in [-0.3, -0.25) is 0 Å². The first-order valence-electron chi connectivity index (χ1n) is 5.16. The predicted octanol–water partition coefficient (Wildman–Crippen LogP) is 1.12. The Bertz CT molecular complexity index is 546. The Hall–Kier alpha value is -2.12. The second-order valence-electron chi connectivity index (χ2n) is 3.76. The number of hydrogen-bond acceptors (Lipinski definition) is 4. The monoisotopic (exact) mass is 230 g/mol. The summed E-state index contributed by atoms with van der Waals surface area (Å²) >= 11 is 0. The molecule has 0 amide bonds. The van der Waals surface area contributed by atoms with Crippen molar-refractivity contribution in [2.45, 2.75) is 19.4 Å².